The summed E-state index contributed by atoms with van der Waals surface area (Å²) in [6.45, 7) is 8.68. The van der Waals surface area contributed by atoms with Crippen molar-refractivity contribution in [2.75, 3.05) is 19.6 Å². The maximum atomic E-state index is 4.68. The summed E-state index contributed by atoms with van der Waals surface area (Å²) in [7, 11) is 0. The number of aromatic nitrogens is 3. The molecule has 0 fully saturated rings. The number of aryl methyl sites for hydroxylation is 2. The Bertz CT molecular complexity index is 861. The molecule has 0 aliphatic rings. The van der Waals surface area contributed by atoms with Crippen LogP contribution in [0.25, 0.3) is 5.69 Å². The fourth-order valence-electron chi connectivity index (χ4n) is 2.81. The molecule has 2 N–H and O–H groups in total. The van der Waals surface area contributed by atoms with Crippen LogP contribution in [0.3, 0.4) is 0 Å². The Labute approximate surface area is 170 Å². The minimum Gasteiger partial charge on any atom is -0.357 e. The number of thiazole rings is 1. The van der Waals surface area contributed by atoms with Crippen LogP contribution in [0.1, 0.15) is 28.1 Å². The molecular weight excluding hydrogens is 368 g/mol. The van der Waals surface area contributed by atoms with E-state index in [2.05, 4.69) is 70.7 Å². The quantitative estimate of drug-likeness (QED) is 0.453. The summed E-state index contributed by atoms with van der Waals surface area (Å²) in [6.07, 6.45) is 5.56. The van der Waals surface area contributed by atoms with Crippen molar-refractivity contribution >= 4 is 17.3 Å². The molecule has 0 aliphatic carbocycles. The molecule has 1 aromatic carbocycles. The second-order valence-electron chi connectivity index (χ2n) is 6.55. The Morgan fingerprint density at radius 1 is 1.14 bits per heavy atom. The molecular formula is C21H28N6S. The Hall–Kier alpha value is -2.67. The summed E-state index contributed by atoms with van der Waals surface area (Å²) in [6, 6.07) is 10.4. The minimum atomic E-state index is 0.736. The Morgan fingerprint density at radius 3 is 2.61 bits per heavy atom. The molecule has 0 atom stereocenters. The third-order valence-electron chi connectivity index (χ3n) is 4.42. The van der Waals surface area contributed by atoms with E-state index in [0.717, 1.165) is 54.8 Å². The molecule has 7 heteroatoms. The highest BCUT2D eigenvalue weighted by molar-refractivity contribution is 7.11. The Kier molecular flexibility index (Phi) is 7.19. The largest absolute Gasteiger partial charge is 0.357 e. The molecule has 3 rings (SSSR count). The number of aliphatic imine (C=N–C) groups is 1. The first-order chi connectivity index (χ1) is 13.7. The first kappa shape index (κ1) is 20.1. The second-order valence-corrected chi connectivity index (χ2v) is 7.84. The topological polar surface area (TPSA) is 67.1 Å². The average Bonchev–Trinajstić information content (AvgIpc) is 3.33. The van der Waals surface area contributed by atoms with E-state index in [1.165, 1.54) is 10.4 Å². The molecule has 148 valence electrons. The third kappa shape index (κ3) is 5.66. The zero-order chi connectivity index (χ0) is 19.8. The van der Waals surface area contributed by atoms with Gasteiger partial charge in [-0.2, -0.15) is 5.10 Å². The fraction of sp³-hybridized carbons (Fsp3) is 0.381. The van der Waals surface area contributed by atoms with E-state index < -0.39 is 0 Å². The highest BCUT2D eigenvalue weighted by Gasteiger charge is 2.04. The van der Waals surface area contributed by atoms with Crippen molar-refractivity contribution in [2.45, 2.75) is 33.6 Å². The molecule has 2 heterocycles. The zero-order valence-electron chi connectivity index (χ0n) is 16.8. The van der Waals surface area contributed by atoms with Gasteiger partial charge in [0.05, 0.1) is 16.4 Å². The smallest absolute Gasteiger partial charge is 0.191 e. The van der Waals surface area contributed by atoms with Gasteiger partial charge in [-0.3, -0.25) is 4.99 Å². The van der Waals surface area contributed by atoms with Crippen molar-refractivity contribution in [1.82, 2.24) is 25.4 Å². The first-order valence-electron chi connectivity index (χ1n) is 9.69. The molecule has 6 nitrogen and oxygen atoms in total. The molecule has 0 radical (unpaired) electrons. The number of nitrogens with zero attached hydrogens (tertiary/aromatic N) is 4. The van der Waals surface area contributed by atoms with Crippen LogP contribution < -0.4 is 10.6 Å². The molecule has 0 amide bonds. The van der Waals surface area contributed by atoms with Crippen LogP contribution in [0.15, 0.2) is 47.7 Å². The van der Waals surface area contributed by atoms with E-state index in [0.29, 0.717) is 0 Å². The standard InChI is InChI=1S/C21H28N6S/c1-4-22-21(24-14-11-20-26-16(2)17(3)28-20)23-13-10-18-6-8-19(9-7-18)27-15-5-12-25-27/h5-9,12,15H,4,10-11,13-14H2,1-3H3,(H2,22,23,24). The number of benzene rings is 1. The number of rotatable bonds is 8. The molecule has 0 bridgehead atoms. The van der Waals surface area contributed by atoms with Gasteiger partial charge in [-0.05, 0) is 51.0 Å². The SMILES string of the molecule is CCNC(=NCCc1nc(C)c(C)s1)NCCc1ccc(-n2cccn2)cc1. The number of nitrogens with one attached hydrogen (secondary N) is 2. The molecule has 0 aliphatic heterocycles. The van der Waals surface area contributed by atoms with Crippen molar-refractivity contribution in [3.05, 3.63) is 63.9 Å². The molecule has 0 saturated heterocycles. The van der Waals surface area contributed by atoms with E-state index >= 15 is 0 Å². The van der Waals surface area contributed by atoms with E-state index in [9.17, 15) is 0 Å². The third-order valence-corrected chi connectivity index (χ3v) is 5.56. The lowest BCUT2D eigenvalue weighted by Gasteiger charge is -2.11. The monoisotopic (exact) mass is 396 g/mol. The highest BCUT2D eigenvalue weighted by Crippen LogP contribution is 2.16. The van der Waals surface area contributed by atoms with Crippen molar-refractivity contribution in [3.63, 3.8) is 0 Å². The summed E-state index contributed by atoms with van der Waals surface area (Å²) in [4.78, 5) is 10.6. The predicted octanol–water partition coefficient (Wildman–Crippen LogP) is 3.29. The Morgan fingerprint density at radius 2 is 1.96 bits per heavy atom. The summed E-state index contributed by atoms with van der Waals surface area (Å²) >= 11 is 1.77. The molecule has 2 aromatic heterocycles. The van der Waals surface area contributed by atoms with Crippen LogP contribution in [0, 0.1) is 13.8 Å². The molecule has 28 heavy (non-hydrogen) atoms. The van der Waals surface area contributed by atoms with Gasteiger partial charge < -0.3 is 10.6 Å². The van der Waals surface area contributed by atoms with E-state index in [1.54, 1.807) is 17.5 Å². The molecule has 3 aromatic rings. The fourth-order valence-corrected chi connectivity index (χ4v) is 3.74. The van der Waals surface area contributed by atoms with Crippen molar-refractivity contribution in [3.8, 4) is 5.69 Å². The number of hydrogen-bond acceptors (Lipinski definition) is 4. The van der Waals surface area contributed by atoms with Gasteiger partial charge in [0.15, 0.2) is 5.96 Å². The summed E-state index contributed by atoms with van der Waals surface area (Å²) < 4.78 is 1.86. The van der Waals surface area contributed by atoms with E-state index in [-0.39, 0.29) is 0 Å². The second kappa shape index (κ2) is 10.0. The van der Waals surface area contributed by atoms with Crippen LogP contribution in [-0.2, 0) is 12.8 Å². The van der Waals surface area contributed by atoms with Crippen LogP contribution in [-0.4, -0.2) is 40.4 Å². The average molecular weight is 397 g/mol. The summed E-state index contributed by atoms with van der Waals surface area (Å²) in [5, 5.41) is 12.1. The Balaban J connectivity index is 1.47. The minimum absolute atomic E-state index is 0.736. The van der Waals surface area contributed by atoms with Gasteiger partial charge in [-0.25, -0.2) is 9.67 Å². The number of hydrogen-bond donors (Lipinski definition) is 2. The van der Waals surface area contributed by atoms with Crippen LogP contribution >= 0.6 is 11.3 Å². The van der Waals surface area contributed by atoms with Gasteiger partial charge in [-0.1, -0.05) is 12.1 Å². The lowest BCUT2D eigenvalue weighted by atomic mass is 10.1. The van der Waals surface area contributed by atoms with Crippen LogP contribution in [0.2, 0.25) is 0 Å². The van der Waals surface area contributed by atoms with Gasteiger partial charge in [0.1, 0.15) is 0 Å². The first-order valence-corrected chi connectivity index (χ1v) is 10.5. The summed E-state index contributed by atoms with van der Waals surface area (Å²) in [5.41, 5.74) is 3.49. The highest BCUT2D eigenvalue weighted by atomic mass is 32.1. The lowest BCUT2D eigenvalue weighted by Crippen LogP contribution is -2.38. The molecule has 0 saturated carbocycles. The molecule has 0 spiro atoms. The maximum Gasteiger partial charge on any atom is 0.191 e. The van der Waals surface area contributed by atoms with Gasteiger partial charge in [0.2, 0.25) is 0 Å². The van der Waals surface area contributed by atoms with E-state index in [4.69, 9.17) is 0 Å². The lowest BCUT2D eigenvalue weighted by molar-refractivity contribution is 0.795. The number of guanidine groups is 1. The maximum absolute atomic E-state index is 4.68. The van der Waals surface area contributed by atoms with Gasteiger partial charge in [0, 0.05) is 43.3 Å². The predicted molar refractivity (Wildman–Crippen MR) is 117 cm³/mol. The van der Waals surface area contributed by atoms with Gasteiger partial charge >= 0.3 is 0 Å². The van der Waals surface area contributed by atoms with Gasteiger partial charge in [0.25, 0.3) is 0 Å². The van der Waals surface area contributed by atoms with E-state index in [1.807, 2.05) is 16.9 Å². The van der Waals surface area contributed by atoms with Crippen LogP contribution in [0.4, 0.5) is 0 Å². The normalized spacial score (nSPS) is 11.6. The summed E-state index contributed by atoms with van der Waals surface area (Å²) in [5.74, 6) is 0.862. The zero-order valence-corrected chi connectivity index (χ0v) is 17.6. The molecule has 0 unspecified atom stereocenters. The van der Waals surface area contributed by atoms with Crippen molar-refractivity contribution in [2.24, 2.45) is 4.99 Å². The van der Waals surface area contributed by atoms with Gasteiger partial charge in [-0.15, -0.1) is 11.3 Å². The van der Waals surface area contributed by atoms with Crippen molar-refractivity contribution < 1.29 is 0 Å². The van der Waals surface area contributed by atoms with Crippen molar-refractivity contribution in [1.29, 1.82) is 0 Å². The van der Waals surface area contributed by atoms with Crippen LogP contribution in [0.5, 0.6) is 0 Å².